The van der Waals surface area contributed by atoms with E-state index in [1.165, 1.54) is 36.1 Å². The van der Waals surface area contributed by atoms with Crippen LogP contribution in [0.5, 0.6) is 0 Å². The monoisotopic (exact) mass is 414 g/mol. The topological polar surface area (TPSA) is 69.3 Å². The maximum Gasteiger partial charge on any atom is 0.259 e. The molecule has 1 N–H and O–H groups in total. The zero-order chi connectivity index (χ0) is 19.8. The lowest BCUT2D eigenvalue weighted by molar-refractivity contribution is -0.133. The average molecular weight is 415 g/mol. The molecule has 2 aromatic rings. The Balaban J connectivity index is 1.34. The summed E-state index contributed by atoms with van der Waals surface area (Å²) in [6.07, 6.45) is 10.1. The van der Waals surface area contributed by atoms with Crippen molar-refractivity contribution in [1.29, 1.82) is 0 Å². The quantitative estimate of drug-likeness (QED) is 0.838. The summed E-state index contributed by atoms with van der Waals surface area (Å²) in [6.45, 7) is 4.11. The van der Waals surface area contributed by atoms with Crippen molar-refractivity contribution in [2.24, 2.45) is 0 Å². The Morgan fingerprint density at radius 1 is 1.07 bits per heavy atom. The van der Waals surface area contributed by atoms with Gasteiger partial charge in [-0.05, 0) is 70.0 Å². The molecule has 1 amide bonds. The molecule has 2 fully saturated rings. The Kier molecular flexibility index (Phi) is 5.43. The van der Waals surface area contributed by atoms with E-state index in [4.69, 9.17) is 4.98 Å². The van der Waals surface area contributed by atoms with Gasteiger partial charge in [0.25, 0.3) is 5.56 Å². The molecule has 7 heteroatoms. The number of aromatic amines is 1. The standard InChI is InChI=1S/C22H30N4O2S/c27-18(14-25-10-4-1-5-11-25)26-12-6-7-15(13-26)20-23-21(28)19-16-8-2-3-9-17(16)29-22(19)24-20/h15H,1-14H2,(H,23,24,28)/t15-/m0/s1. The summed E-state index contributed by atoms with van der Waals surface area (Å²) in [5.74, 6) is 1.13. The first-order chi connectivity index (χ1) is 14.2. The van der Waals surface area contributed by atoms with Gasteiger partial charge in [0, 0.05) is 23.9 Å². The summed E-state index contributed by atoms with van der Waals surface area (Å²) >= 11 is 1.70. The number of thiophene rings is 1. The zero-order valence-electron chi connectivity index (χ0n) is 17.0. The minimum atomic E-state index is 0.0150. The molecule has 0 radical (unpaired) electrons. The smallest absolute Gasteiger partial charge is 0.259 e. The molecule has 0 bridgehead atoms. The van der Waals surface area contributed by atoms with E-state index in [-0.39, 0.29) is 17.4 Å². The fourth-order valence-corrected chi connectivity index (χ4v) is 6.48. The Bertz CT molecular complexity index is 960. The van der Waals surface area contributed by atoms with Crippen LogP contribution in [-0.4, -0.2) is 58.4 Å². The van der Waals surface area contributed by atoms with Gasteiger partial charge in [0.1, 0.15) is 10.7 Å². The number of carbonyl (C=O) groups is 1. The molecule has 156 valence electrons. The Labute approximate surface area is 175 Å². The van der Waals surface area contributed by atoms with E-state index in [0.717, 1.165) is 67.8 Å². The molecule has 0 saturated carbocycles. The van der Waals surface area contributed by atoms with Gasteiger partial charge < -0.3 is 9.88 Å². The minimum Gasteiger partial charge on any atom is -0.341 e. The number of aryl methyl sites for hydroxylation is 2. The van der Waals surface area contributed by atoms with Crippen molar-refractivity contribution in [2.45, 2.75) is 63.7 Å². The highest BCUT2D eigenvalue weighted by Crippen LogP contribution is 2.34. The van der Waals surface area contributed by atoms with E-state index in [1.807, 2.05) is 4.90 Å². The maximum absolute atomic E-state index is 12.9. The molecule has 1 atom stereocenters. The molecule has 4 heterocycles. The third-order valence-electron chi connectivity index (χ3n) is 6.81. The van der Waals surface area contributed by atoms with Crippen LogP contribution in [0.4, 0.5) is 0 Å². The largest absolute Gasteiger partial charge is 0.341 e. The van der Waals surface area contributed by atoms with Crippen LogP contribution in [0.3, 0.4) is 0 Å². The summed E-state index contributed by atoms with van der Waals surface area (Å²) < 4.78 is 0. The second kappa shape index (κ2) is 8.19. The van der Waals surface area contributed by atoms with E-state index >= 15 is 0 Å². The van der Waals surface area contributed by atoms with Crippen molar-refractivity contribution >= 4 is 27.5 Å². The molecule has 2 saturated heterocycles. The van der Waals surface area contributed by atoms with Crippen molar-refractivity contribution in [1.82, 2.24) is 19.8 Å². The molecule has 1 aliphatic carbocycles. The van der Waals surface area contributed by atoms with Gasteiger partial charge in [0.2, 0.25) is 5.91 Å². The van der Waals surface area contributed by atoms with Gasteiger partial charge in [-0.25, -0.2) is 4.98 Å². The number of likely N-dealkylation sites (tertiary alicyclic amines) is 2. The fraction of sp³-hybridized carbons (Fsp3) is 0.682. The van der Waals surface area contributed by atoms with E-state index < -0.39 is 0 Å². The molecule has 0 spiro atoms. The Morgan fingerprint density at radius 3 is 2.76 bits per heavy atom. The maximum atomic E-state index is 12.9. The first-order valence-electron chi connectivity index (χ1n) is 11.2. The lowest BCUT2D eigenvalue weighted by Gasteiger charge is -2.34. The second-order valence-electron chi connectivity index (χ2n) is 8.86. The predicted octanol–water partition coefficient (Wildman–Crippen LogP) is 3.06. The van der Waals surface area contributed by atoms with Crippen LogP contribution in [0.25, 0.3) is 10.2 Å². The Hall–Kier alpha value is -1.73. The van der Waals surface area contributed by atoms with E-state index in [1.54, 1.807) is 11.3 Å². The van der Waals surface area contributed by atoms with Gasteiger partial charge in [-0.2, -0.15) is 0 Å². The van der Waals surface area contributed by atoms with Crippen LogP contribution in [0.1, 0.15) is 67.1 Å². The summed E-state index contributed by atoms with van der Waals surface area (Å²) in [7, 11) is 0. The van der Waals surface area contributed by atoms with E-state index in [0.29, 0.717) is 13.1 Å². The van der Waals surface area contributed by atoms with Crippen LogP contribution in [-0.2, 0) is 17.6 Å². The van der Waals surface area contributed by atoms with Gasteiger partial charge >= 0.3 is 0 Å². The highest BCUT2D eigenvalue weighted by molar-refractivity contribution is 7.18. The first-order valence-corrected chi connectivity index (χ1v) is 12.1. The van der Waals surface area contributed by atoms with Gasteiger partial charge in [-0.3, -0.25) is 14.5 Å². The van der Waals surface area contributed by atoms with Crippen molar-refractivity contribution in [2.75, 3.05) is 32.7 Å². The van der Waals surface area contributed by atoms with Crippen LogP contribution in [0.2, 0.25) is 0 Å². The highest BCUT2D eigenvalue weighted by atomic mass is 32.1. The summed E-state index contributed by atoms with van der Waals surface area (Å²) in [4.78, 5) is 40.2. The molecule has 3 aliphatic rings. The molecule has 2 aromatic heterocycles. The minimum absolute atomic E-state index is 0.0150. The number of carbonyl (C=O) groups excluding carboxylic acids is 1. The lowest BCUT2D eigenvalue weighted by Crippen LogP contribution is -2.46. The number of hydrogen-bond donors (Lipinski definition) is 1. The van der Waals surface area contributed by atoms with Crippen LogP contribution < -0.4 is 5.56 Å². The molecule has 0 unspecified atom stereocenters. The average Bonchev–Trinajstić information content (AvgIpc) is 3.13. The van der Waals surface area contributed by atoms with Crippen molar-refractivity contribution in [3.05, 3.63) is 26.6 Å². The molecule has 0 aromatic carbocycles. The fourth-order valence-electron chi connectivity index (χ4n) is 5.21. The molecular formula is C22H30N4O2S. The van der Waals surface area contributed by atoms with Gasteiger partial charge in [-0.15, -0.1) is 11.3 Å². The summed E-state index contributed by atoms with van der Waals surface area (Å²) in [5, 5.41) is 0.822. The number of amides is 1. The van der Waals surface area contributed by atoms with Crippen molar-refractivity contribution < 1.29 is 4.79 Å². The summed E-state index contributed by atoms with van der Waals surface area (Å²) in [5.41, 5.74) is 1.25. The number of fused-ring (bicyclic) bond motifs is 3. The second-order valence-corrected chi connectivity index (χ2v) is 9.94. The number of nitrogens with one attached hydrogen (secondary N) is 1. The zero-order valence-corrected chi connectivity index (χ0v) is 17.9. The van der Waals surface area contributed by atoms with Gasteiger partial charge in [0.05, 0.1) is 11.9 Å². The summed E-state index contributed by atoms with van der Waals surface area (Å²) in [6, 6.07) is 0. The van der Waals surface area contributed by atoms with Gasteiger partial charge in [0.15, 0.2) is 0 Å². The van der Waals surface area contributed by atoms with Gasteiger partial charge in [-0.1, -0.05) is 6.42 Å². The van der Waals surface area contributed by atoms with Crippen molar-refractivity contribution in [3.8, 4) is 0 Å². The number of H-pyrrole nitrogens is 1. The SMILES string of the molecule is O=C(CN1CCCCC1)N1CCC[C@H](c2nc3sc4c(c3c(=O)[nH]2)CCCC4)C1. The number of rotatable bonds is 3. The third-order valence-corrected chi connectivity index (χ3v) is 8.00. The van der Waals surface area contributed by atoms with Crippen LogP contribution >= 0.6 is 11.3 Å². The number of hydrogen-bond acceptors (Lipinski definition) is 5. The van der Waals surface area contributed by atoms with Crippen LogP contribution in [0.15, 0.2) is 4.79 Å². The normalized spacial score (nSPS) is 23.3. The highest BCUT2D eigenvalue weighted by Gasteiger charge is 2.29. The van der Waals surface area contributed by atoms with E-state index in [9.17, 15) is 9.59 Å². The number of nitrogens with zero attached hydrogens (tertiary/aromatic N) is 3. The van der Waals surface area contributed by atoms with E-state index in [2.05, 4.69) is 9.88 Å². The third kappa shape index (κ3) is 3.87. The lowest BCUT2D eigenvalue weighted by atomic mass is 9.96. The number of piperidine rings is 2. The predicted molar refractivity (Wildman–Crippen MR) is 116 cm³/mol. The molecule has 2 aliphatic heterocycles. The molecule has 6 nitrogen and oxygen atoms in total. The Morgan fingerprint density at radius 2 is 1.90 bits per heavy atom. The number of aromatic nitrogens is 2. The van der Waals surface area contributed by atoms with Crippen LogP contribution in [0, 0.1) is 0 Å². The molecule has 5 rings (SSSR count). The van der Waals surface area contributed by atoms with Crippen molar-refractivity contribution in [3.63, 3.8) is 0 Å². The molecular weight excluding hydrogens is 384 g/mol. The molecule has 29 heavy (non-hydrogen) atoms. The first kappa shape index (κ1) is 19.2.